The molecule has 0 spiro atoms. The largest absolute Gasteiger partial charge is 0.484 e. The van der Waals surface area contributed by atoms with E-state index in [1.165, 1.54) is 5.56 Å². The molecule has 2 aliphatic rings. The summed E-state index contributed by atoms with van der Waals surface area (Å²) in [6.07, 6.45) is 1.96. The first-order valence-electron chi connectivity index (χ1n) is 10.1. The summed E-state index contributed by atoms with van der Waals surface area (Å²) in [6, 6.07) is 8.37. The first kappa shape index (κ1) is 19.7. The Kier molecular flexibility index (Phi) is 5.54. The molecule has 0 radical (unpaired) electrons. The standard InChI is InChI=1S/C22H24N4O2S2/c1-15-2-3-19-17(8-15)10-25(12-20(28-19)16-4-6-29-14-16)13-21(27)23-9-18-11-26-5-7-30-22(26)24-18/h2-4,6,8,11,14,20H,5,7,9-10,12-13H2,1H3,(H,23,27). The van der Waals surface area contributed by atoms with E-state index in [2.05, 4.69) is 55.7 Å². The number of aryl methyl sites for hydroxylation is 2. The number of nitrogens with one attached hydrogen (secondary N) is 1. The van der Waals surface area contributed by atoms with Gasteiger partial charge in [-0.05, 0) is 29.8 Å². The first-order chi connectivity index (χ1) is 14.6. The zero-order valence-corrected chi connectivity index (χ0v) is 18.5. The Hall–Kier alpha value is -2.29. The van der Waals surface area contributed by atoms with Gasteiger partial charge in [0.15, 0.2) is 5.16 Å². The Bertz CT molecular complexity index is 1030. The van der Waals surface area contributed by atoms with Crippen molar-refractivity contribution in [1.82, 2.24) is 19.8 Å². The number of thioether (sulfide) groups is 1. The Morgan fingerprint density at radius 2 is 2.30 bits per heavy atom. The number of aromatic nitrogens is 2. The molecule has 2 aliphatic heterocycles. The van der Waals surface area contributed by atoms with Crippen molar-refractivity contribution in [1.29, 1.82) is 0 Å². The molecule has 30 heavy (non-hydrogen) atoms. The molecule has 6 nitrogen and oxygen atoms in total. The number of carbonyl (C=O) groups is 1. The number of carbonyl (C=O) groups excluding carboxylic acids is 1. The van der Waals surface area contributed by atoms with Gasteiger partial charge in [-0.25, -0.2) is 4.98 Å². The number of nitrogens with zero attached hydrogens (tertiary/aromatic N) is 3. The highest BCUT2D eigenvalue weighted by Gasteiger charge is 2.26. The minimum Gasteiger partial charge on any atom is -0.484 e. The second-order valence-corrected chi connectivity index (χ2v) is 9.62. The Balaban J connectivity index is 1.27. The van der Waals surface area contributed by atoms with Crippen LogP contribution in [0, 0.1) is 6.92 Å². The zero-order valence-electron chi connectivity index (χ0n) is 16.8. The van der Waals surface area contributed by atoms with Gasteiger partial charge in [0.05, 0.1) is 18.8 Å². The van der Waals surface area contributed by atoms with Crippen molar-refractivity contribution >= 4 is 29.0 Å². The third kappa shape index (κ3) is 4.26. The lowest BCUT2D eigenvalue weighted by Gasteiger charge is -2.23. The van der Waals surface area contributed by atoms with Crippen LogP contribution in [0.4, 0.5) is 0 Å². The smallest absolute Gasteiger partial charge is 0.234 e. The SMILES string of the molecule is Cc1ccc2c(c1)CN(CC(=O)NCc1cn3c(n1)SCC3)CC(c1ccsc1)O2. The summed E-state index contributed by atoms with van der Waals surface area (Å²) < 4.78 is 8.51. The summed E-state index contributed by atoms with van der Waals surface area (Å²) >= 11 is 3.43. The van der Waals surface area contributed by atoms with Gasteiger partial charge < -0.3 is 14.6 Å². The molecule has 4 heterocycles. The summed E-state index contributed by atoms with van der Waals surface area (Å²) in [4.78, 5) is 19.5. The number of benzene rings is 1. The van der Waals surface area contributed by atoms with Crippen LogP contribution in [0.25, 0.3) is 0 Å². The van der Waals surface area contributed by atoms with E-state index in [1.54, 1.807) is 23.1 Å². The van der Waals surface area contributed by atoms with Crippen LogP contribution < -0.4 is 10.1 Å². The predicted octanol–water partition coefficient (Wildman–Crippen LogP) is 3.61. The van der Waals surface area contributed by atoms with Gasteiger partial charge in [0.2, 0.25) is 5.91 Å². The average Bonchev–Trinajstić information content (AvgIpc) is 3.43. The molecule has 2 aromatic heterocycles. The fourth-order valence-corrected chi connectivity index (χ4v) is 5.59. The Morgan fingerprint density at radius 3 is 3.13 bits per heavy atom. The lowest BCUT2D eigenvalue weighted by Crippen LogP contribution is -2.38. The van der Waals surface area contributed by atoms with Gasteiger partial charge in [-0.1, -0.05) is 29.5 Å². The number of thiophene rings is 1. The summed E-state index contributed by atoms with van der Waals surface area (Å²) in [6.45, 7) is 5.25. The van der Waals surface area contributed by atoms with Gasteiger partial charge in [0, 0.05) is 42.7 Å². The average molecular weight is 441 g/mol. The number of fused-ring (bicyclic) bond motifs is 2. The summed E-state index contributed by atoms with van der Waals surface area (Å²) in [5.74, 6) is 2.00. The van der Waals surface area contributed by atoms with Gasteiger partial charge in [-0.2, -0.15) is 11.3 Å². The van der Waals surface area contributed by atoms with Gasteiger partial charge in [-0.15, -0.1) is 0 Å². The minimum absolute atomic E-state index is 0.0102. The van der Waals surface area contributed by atoms with Crippen LogP contribution in [0.3, 0.4) is 0 Å². The third-order valence-electron chi connectivity index (χ3n) is 5.41. The molecule has 0 saturated heterocycles. The molecule has 1 atom stereocenters. The van der Waals surface area contributed by atoms with Gasteiger partial charge in [0.25, 0.3) is 0 Å². The van der Waals surface area contributed by atoms with E-state index in [4.69, 9.17) is 4.74 Å². The quantitative estimate of drug-likeness (QED) is 0.657. The summed E-state index contributed by atoms with van der Waals surface area (Å²) in [5, 5.41) is 8.28. The van der Waals surface area contributed by atoms with Crippen LogP contribution in [0.2, 0.25) is 0 Å². The van der Waals surface area contributed by atoms with Crippen molar-refractivity contribution in [2.45, 2.75) is 37.8 Å². The highest BCUT2D eigenvalue weighted by Crippen LogP contribution is 2.32. The molecule has 156 valence electrons. The molecule has 0 bridgehead atoms. The zero-order chi connectivity index (χ0) is 20.5. The molecule has 1 amide bonds. The number of amides is 1. The van der Waals surface area contributed by atoms with Crippen LogP contribution in [0.1, 0.15) is 28.5 Å². The van der Waals surface area contributed by atoms with E-state index in [9.17, 15) is 4.79 Å². The van der Waals surface area contributed by atoms with Crippen molar-refractivity contribution in [3.05, 3.63) is 63.6 Å². The molecule has 0 aliphatic carbocycles. The number of hydrogen-bond acceptors (Lipinski definition) is 6. The van der Waals surface area contributed by atoms with E-state index in [-0.39, 0.29) is 12.0 Å². The maximum Gasteiger partial charge on any atom is 0.234 e. The van der Waals surface area contributed by atoms with Gasteiger partial charge in [0.1, 0.15) is 11.9 Å². The van der Waals surface area contributed by atoms with Crippen molar-refractivity contribution in [2.75, 3.05) is 18.8 Å². The van der Waals surface area contributed by atoms with Crippen LogP contribution in [-0.2, 0) is 24.4 Å². The number of rotatable bonds is 5. The van der Waals surface area contributed by atoms with Gasteiger partial charge >= 0.3 is 0 Å². The number of hydrogen-bond donors (Lipinski definition) is 1. The normalized spacial score (nSPS) is 18.4. The van der Waals surface area contributed by atoms with Crippen LogP contribution >= 0.6 is 23.1 Å². The highest BCUT2D eigenvalue weighted by atomic mass is 32.2. The molecule has 3 aromatic rings. The van der Waals surface area contributed by atoms with Crippen molar-refractivity contribution < 1.29 is 9.53 Å². The lowest BCUT2D eigenvalue weighted by atomic mass is 10.1. The number of imidazole rings is 1. The fraction of sp³-hybridized carbons (Fsp3) is 0.364. The van der Waals surface area contributed by atoms with E-state index < -0.39 is 0 Å². The highest BCUT2D eigenvalue weighted by molar-refractivity contribution is 7.99. The predicted molar refractivity (Wildman–Crippen MR) is 119 cm³/mol. The van der Waals surface area contributed by atoms with Crippen LogP contribution in [-0.4, -0.2) is 39.2 Å². The first-order valence-corrected chi connectivity index (χ1v) is 12.0. The fourth-order valence-electron chi connectivity index (χ4n) is 3.92. The summed E-state index contributed by atoms with van der Waals surface area (Å²) in [5.41, 5.74) is 4.40. The lowest BCUT2D eigenvalue weighted by molar-refractivity contribution is -0.122. The van der Waals surface area contributed by atoms with Crippen molar-refractivity contribution in [2.24, 2.45) is 0 Å². The second kappa shape index (κ2) is 8.45. The van der Waals surface area contributed by atoms with Crippen molar-refractivity contribution in [3.63, 3.8) is 0 Å². The maximum atomic E-state index is 12.7. The summed E-state index contributed by atoms with van der Waals surface area (Å²) in [7, 11) is 0. The van der Waals surface area contributed by atoms with Crippen molar-refractivity contribution in [3.8, 4) is 5.75 Å². The molecule has 1 unspecified atom stereocenters. The van der Waals surface area contributed by atoms with Crippen LogP contribution in [0.5, 0.6) is 5.75 Å². The molecule has 0 fully saturated rings. The van der Waals surface area contributed by atoms with E-state index in [1.807, 2.05) is 12.3 Å². The van der Waals surface area contributed by atoms with E-state index >= 15 is 0 Å². The monoisotopic (exact) mass is 440 g/mol. The van der Waals surface area contributed by atoms with E-state index in [0.29, 0.717) is 26.2 Å². The Labute approximate surface area is 184 Å². The second-order valence-electron chi connectivity index (χ2n) is 7.78. The minimum atomic E-state index is -0.0823. The van der Waals surface area contributed by atoms with Gasteiger partial charge in [-0.3, -0.25) is 9.69 Å². The molecule has 1 N–H and O–H groups in total. The molecule has 1 aromatic carbocycles. The third-order valence-corrected chi connectivity index (χ3v) is 7.08. The molecular weight excluding hydrogens is 416 g/mol. The molecule has 5 rings (SSSR count). The number of ether oxygens (including phenoxy) is 1. The molecular formula is C22H24N4O2S2. The van der Waals surface area contributed by atoms with Crippen LogP contribution in [0.15, 0.2) is 46.4 Å². The maximum absolute atomic E-state index is 12.7. The molecule has 0 saturated carbocycles. The van der Waals surface area contributed by atoms with E-state index in [0.717, 1.165) is 40.0 Å². The Morgan fingerprint density at radius 1 is 1.37 bits per heavy atom. The molecule has 8 heteroatoms. The topological polar surface area (TPSA) is 59.4 Å².